The number of carbonyl (C=O) groups excluding carboxylic acids is 1. The van der Waals surface area contributed by atoms with E-state index in [1.54, 1.807) is 6.92 Å². The van der Waals surface area contributed by atoms with E-state index in [-0.39, 0.29) is 12.4 Å². The Morgan fingerprint density at radius 3 is 2.31 bits per heavy atom. The zero-order chi connectivity index (χ0) is 24.6. The largest absolute Gasteiger partial charge is 0.457 e. The van der Waals surface area contributed by atoms with Crippen LogP contribution in [0.2, 0.25) is 0 Å². The van der Waals surface area contributed by atoms with Gasteiger partial charge in [-0.15, -0.1) is 0 Å². The first-order chi connectivity index (χ1) is 17.7. The van der Waals surface area contributed by atoms with Crippen LogP contribution in [0.25, 0.3) is 33.4 Å². The maximum absolute atomic E-state index is 12.3. The molecule has 0 aliphatic heterocycles. The Hall–Kier alpha value is -4.65. The summed E-state index contributed by atoms with van der Waals surface area (Å²) in [7, 11) is 0. The van der Waals surface area contributed by atoms with Crippen molar-refractivity contribution in [3.8, 4) is 22.9 Å². The first kappa shape index (κ1) is 21.9. The standard InChI is InChI=1S/C29H24N4O3/c1-3-25-31-28-27(29-30-22-12-8-9-13-23(22)33(25)29)24(36-26(34)4-2)18-32(28)19-14-16-21(17-15-19)35-20-10-6-5-7-11-20/h5-18H,3-4H2,1-2H3. The van der Waals surface area contributed by atoms with Gasteiger partial charge in [-0.05, 0) is 48.5 Å². The van der Waals surface area contributed by atoms with E-state index < -0.39 is 0 Å². The highest BCUT2D eigenvalue weighted by Gasteiger charge is 2.22. The van der Waals surface area contributed by atoms with Gasteiger partial charge in [-0.2, -0.15) is 0 Å². The van der Waals surface area contributed by atoms with E-state index in [2.05, 4.69) is 11.3 Å². The van der Waals surface area contributed by atoms with Crippen LogP contribution in [0.5, 0.6) is 17.2 Å². The van der Waals surface area contributed by atoms with Gasteiger partial charge in [0.1, 0.15) is 22.7 Å². The summed E-state index contributed by atoms with van der Waals surface area (Å²) in [6, 6.07) is 25.4. The SMILES string of the molecule is CCC(=O)Oc1cn(-c2ccc(Oc3ccccc3)cc2)c2nc(CC)n3c4ccccc4nc3c12. The summed E-state index contributed by atoms with van der Waals surface area (Å²) in [5, 5.41) is 0.704. The Balaban J connectivity index is 1.54. The Labute approximate surface area is 207 Å². The van der Waals surface area contributed by atoms with Crippen LogP contribution in [0.1, 0.15) is 26.1 Å². The van der Waals surface area contributed by atoms with Crippen molar-refractivity contribution in [2.45, 2.75) is 26.7 Å². The first-order valence-corrected chi connectivity index (χ1v) is 12.0. The minimum absolute atomic E-state index is 0.269. The molecule has 6 aromatic rings. The molecule has 36 heavy (non-hydrogen) atoms. The smallest absolute Gasteiger partial charge is 0.310 e. The Bertz CT molecular complexity index is 1720. The van der Waals surface area contributed by atoms with Crippen LogP contribution in [0.15, 0.2) is 85.1 Å². The van der Waals surface area contributed by atoms with Gasteiger partial charge >= 0.3 is 5.97 Å². The summed E-state index contributed by atoms with van der Waals surface area (Å²) in [6.45, 7) is 3.85. The lowest BCUT2D eigenvalue weighted by atomic mass is 10.3. The summed E-state index contributed by atoms with van der Waals surface area (Å²) in [4.78, 5) is 22.3. The number of fused-ring (bicyclic) bond motifs is 5. The van der Waals surface area contributed by atoms with Crippen LogP contribution >= 0.6 is 0 Å². The summed E-state index contributed by atoms with van der Waals surface area (Å²) >= 11 is 0. The van der Waals surface area contributed by atoms with E-state index in [9.17, 15) is 4.79 Å². The Morgan fingerprint density at radius 1 is 0.833 bits per heavy atom. The van der Waals surface area contributed by atoms with Crippen LogP contribution < -0.4 is 9.47 Å². The molecule has 3 aromatic carbocycles. The third-order valence-corrected chi connectivity index (χ3v) is 6.14. The second kappa shape index (κ2) is 8.85. The fraction of sp³-hybridized carbons (Fsp3) is 0.138. The van der Waals surface area contributed by atoms with Gasteiger partial charge in [0.15, 0.2) is 17.0 Å². The lowest BCUT2D eigenvalue weighted by Crippen LogP contribution is -2.06. The average Bonchev–Trinajstić information content (AvgIpc) is 3.48. The molecule has 0 N–H and O–H groups in total. The van der Waals surface area contributed by atoms with Gasteiger partial charge in [-0.1, -0.05) is 44.2 Å². The predicted molar refractivity (Wildman–Crippen MR) is 139 cm³/mol. The van der Waals surface area contributed by atoms with Crippen molar-refractivity contribution in [2.75, 3.05) is 0 Å². The number of benzene rings is 3. The van der Waals surface area contributed by atoms with Crippen LogP contribution in [0, 0.1) is 0 Å². The second-order valence-electron chi connectivity index (χ2n) is 8.44. The Morgan fingerprint density at radius 2 is 1.56 bits per heavy atom. The number of aryl methyl sites for hydroxylation is 1. The number of aromatic nitrogens is 4. The summed E-state index contributed by atoms with van der Waals surface area (Å²) in [5.74, 6) is 2.51. The highest BCUT2D eigenvalue weighted by molar-refractivity contribution is 6.01. The van der Waals surface area contributed by atoms with E-state index in [0.717, 1.165) is 39.7 Å². The van der Waals surface area contributed by atoms with Crippen molar-refractivity contribution in [2.24, 2.45) is 0 Å². The highest BCUT2D eigenvalue weighted by atomic mass is 16.5. The molecule has 0 saturated carbocycles. The number of nitrogens with zero attached hydrogens (tertiary/aromatic N) is 4. The summed E-state index contributed by atoms with van der Waals surface area (Å²) in [5.41, 5.74) is 4.12. The first-order valence-electron chi connectivity index (χ1n) is 12.0. The molecule has 7 heteroatoms. The average molecular weight is 477 g/mol. The van der Waals surface area contributed by atoms with Gasteiger partial charge < -0.3 is 9.47 Å². The third-order valence-electron chi connectivity index (χ3n) is 6.14. The van der Waals surface area contributed by atoms with E-state index in [0.29, 0.717) is 23.2 Å². The molecule has 0 atom stereocenters. The molecule has 0 bridgehead atoms. The fourth-order valence-corrected chi connectivity index (χ4v) is 4.43. The van der Waals surface area contributed by atoms with Crippen LogP contribution in [0.3, 0.4) is 0 Å². The van der Waals surface area contributed by atoms with Gasteiger partial charge in [0.05, 0.1) is 17.2 Å². The molecule has 7 nitrogen and oxygen atoms in total. The molecule has 178 valence electrons. The minimum atomic E-state index is -0.311. The second-order valence-corrected chi connectivity index (χ2v) is 8.44. The third kappa shape index (κ3) is 3.65. The van der Waals surface area contributed by atoms with Crippen molar-refractivity contribution in [3.63, 3.8) is 0 Å². The van der Waals surface area contributed by atoms with E-state index in [1.807, 2.05) is 89.6 Å². The molecule has 6 rings (SSSR count). The lowest BCUT2D eigenvalue weighted by Gasteiger charge is -2.09. The van der Waals surface area contributed by atoms with Crippen molar-refractivity contribution < 1.29 is 14.3 Å². The van der Waals surface area contributed by atoms with Gasteiger partial charge in [-0.25, -0.2) is 9.97 Å². The minimum Gasteiger partial charge on any atom is -0.457 e. The van der Waals surface area contributed by atoms with E-state index >= 15 is 0 Å². The number of ether oxygens (including phenoxy) is 2. The monoisotopic (exact) mass is 476 g/mol. The molecule has 0 unspecified atom stereocenters. The number of esters is 1. The van der Waals surface area contributed by atoms with Crippen molar-refractivity contribution in [1.29, 1.82) is 0 Å². The summed E-state index contributed by atoms with van der Waals surface area (Å²) < 4.78 is 15.7. The number of imidazole rings is 1. The summed E-state index contributed by atoms with van der Waals surface area (Å²) in [6.07, 6.45) is 2.80. The molecular formula is C29H24N4O3. The maximum atomic E-state index is 12.3. The van der Waals surface area contributed by atoms with Crippen molar-refractivity contribution in [3.05, 3.63) is 90.9 Å². The molecule has 0 aliphatic carbocycles. The van der Waals surface area contributed by atoms with Gasteiger partial charge in [-0.3, -0.25) is 13.8 Å². The number of hydrogen-bond acceptors (Lipinski definition) is 5. The lowest BCUT2D eigenvalue weighted by molar-refractivity contribution is -0.133. The molecule has 3 aromatic heterocycles. The maximum Gasteiger partial charge on any atom is 0.310 e. The molecule has 0 amide bonds. The molecule has 0 fully saturated rings. The molecule has 3 heterocycles. The highest BCUT2D eigenvalue weighted by Crippen LogP contribution is 2.36. The van der Waals surface area contributed by atoms with E-state index in [4.69, 9.17) is 19.4 Å². The van der Waals surface area contributed by atoms with E-state index in [1.165, 1.54) is 0 Å². The quantitative estimate of drug-likeness (QED) is 0.257. The number of hydrogen-bond donors (Lipinski definition) is 0. The zero-order valence-electron chi connectivity index (χ0n) is 20.0. The van der Waals surface area contributed by atoms with Crippen LogP contribution in [0.4, 0.5) is 0 Å². The number of para-hydroxylation sites is 3. The predicted octanol–water partition coefficient (Wildman–Crippen LogP) is 6.50. The zero-order valence-corrected chi connectivity index (χ0v) is 20.0. The van der Waals surface area contributed by atoms with Gasteiger partial charge in [0.2, 0.25) is 0 Å². The van der Waals surface area contributed by atoms with Crippen LogP contribution in [-0.2, 0) is 11.2 Å². The Kier molecular flexibility index (Phi) is 5.37. The number of rotatable bonds is 6. The normalized spacial score (nSPS) is 11.4. The van der Waals surface area contributed by atoms with Gasteiger partial charge in [0.25, 0.3) is 0 Å². The van der Waals surface area contributed by atoms with Crippen LogP contribution in [-0.4, -0.2) is 24.9 Å². The number of carbonyl (C=O) groups is 1. The molecule has 0 aliphatic rings. The molecule has 0 saturated heterocycles. The van der Waals surface area contributed by atoms with Crippen molar-refractivity contribution in [1.82, 2.24) is 18.9 Å². The van der Waals surface area contributed by atoms with Crippen molar-refractivity contribution >= 4 is 33.7 Å². The van der Waals surface area contributed by atoms with Gasteiger partial charge in [0, 0.05) is 18.5 Å². The molecular weight excluding hydrogens is 452 g/mol. The molecule has 0 spiro atoms. The fourth-order valence-electron chi connectivity index (χ4n) is 4.43. The molecule has 0 radical (unpaired) electrons. The topological polar surface area (TPSA) is 70.7 Å².